The van der Waals surface area contributed by atoms with Gasteiger partial charge in [-0.2, -0.15) is 0 Å². The number of carbonyl (C=O) groups excluding carboxylic acids is 2. The Hall–Kier alpha value is -2.15. The molecule has 2 aromatic carbocycles. The van der Waals surface area contributed by atoms with Gasteiger partial charge in [0, 0.05) is 37.4 Å². The van der Waals surface area contributed by atoms with Gasteiger partial charge in [0.15, 0.2) is 16.6 Å². The van der Waals surface area contributed by atoms with E-state index in [2.05, 4.69) is 184 Å². The zero-order valence-electron chi connectivity index (χ0n) is 53.5. The minimum Gasteiger partial charge on any atom is -0.542 e. The lowest BCUT2D eigenvalue weighted by molar-refractivity contribution is -0.208. The van der Waals surface area contributed by atoms with Crippen LogP contribution < -0.4 is 8.85 Å². The van der Waals surface area contributed by atoms with Crippen molar-refractivity contribution in [3.05, 3.63) is 58.7 Å². The summed E-state index contributed by atoms with van der Waals surface area (Å²) in [5.41, 5.74) is 4.10. The monoisotopic (exact) mass is 1130 g/mol. The number of carbonyl (C=O) groups is 2. The van der Waals surface area contributed by atoms with Gasteiger partial charge in [-0.05, 0) is 99.5 Å². The van der Waals surface area contributed by atoms with Crippen LogP contribution in [0.25, 0.3) is 0 Å². The van der Waals surface area contributed by atoms with E-state index in [-0.39, 0.29) is 51.4 Å². The predicted molar refractivity (Wildman–Crippen MR) is 326 cm³/mol. The van der Waals surface area contributed by atoms with Crippen LogP contribution in [0.2, 0.25) is 69.5 Å². The molecule has 10 nitrogen and oxygen atoms in total. The summed E-state index contributed by atoms with van der Waals surface area (Å²) < 4.78 is 55.6. The van der Waals surface area contributed by atoms with Gasteiger partial charge in [-0.15, -0.1) is 0 Å². The fourth-order valence-corrected chi connectivity index (χ4v) is 25.3. The summed E-state index contributed by atoms with van der Waals surface area (Å²) in [6.45, 7) is 59.2. The SMILES string of the molecule is COC(=O)c1c(O[Si](C(C)C)(C(C)C)C(C)C)cc(O[Si](C(C)C)(C(C)C)C(C)C)c(C)c1C[C@@H](O[Si](C)(C)C(C)(C)C)[C@H](C)C(=O)C[C@H]1O[C@H](C(COCc2ccccc2)OC)C[C@@H](O[Si](C)(C)C(C)(C)C)C1(C)C. The lowest BCUT2D eigenvalue weighted by Gasteiger charge is -2.52. The van der Waals surface area contributed by atoms with Crippen molar-refractivity contribution in [2.24, 2.45) is 11.3 Å². The molecule has 1 fully saturated rings. The average Bonchev–Trinajstić information content (AvgIpc) is 3.29. The first kappa shape index (κ1) is 68.1. The first-order chi connectivity index (χ1) is 34.7. The minimum atomic E-state index is -2.67. The van der Waals surface area contributed by atoms with Gasteiger partial charge in [0.2, 0.25) is 0 Å². The van der Waals surface area contributed by atoms with Crippen LogP contribution in [0.1, 0.15) is 185 Å². The molecule has 0 saturated carbocycles. The van der Waals surface area contributed by atoms with E-state index in [0.29, 0.717) is 47.6 Å². The maximum absolute atomic E-state index is 15.6. The first-order valence-corrected chi connectivity index (χ1v) is 39.1. The second kappa shape index (κ2) is 26.6. The van der Waals surface area contributed by atoms with Crippen LogP contribution >= 0.6 is 0 Å². The highest BCUT2D eigenvalue weighted by Gasteiger charge is 2.54. The van der Waals surface area contributed by atoms with Crippen molar-refractivity contribution in [2.45, 2.75) is 278 Å². The summed E-state index contributed by atoms with van der Waals surface area (Å²) in [6, 6.07) is 12.2. The fourth-order valence-electron chi connectivity index (χ4n) is 11.9. The van der Waals surface area contributed by atoms with Crippen LogP contribution in [0.15, 0.2) is 36.4 Å². The lowest BCUT2D eigenvalue weighted by atomic mass is 9.73. The van der Waals surface area contributed by atoms with Crippen LogP contribution in [0.3, 0.4) is 0 Å². The second-order valence-corrected chi connectivity index (χ2v) is 48.4. The van der Waals surface area contributed by atoms with Gasteiger partial charge in [0.1, 0.15) is 28.9 Å². The molecule has 1 aliphatic rings. The first-order valence-electron chi connectivity index (χ1n) is 29.0. The maximum Gasteiger partial charge on any atom is 0.341 e. The Balaban J connectivity index is 2.37. The highest BCUT2D eigenvalue weighted by atomic mass is 28.4. The number of benzene rings is 2. The largest absolute Gasteiger partial charge is 0.542 e. The minimum absolute atomic E-state index is 0.0284. The number of hydrogen-bond acceptors (Lipinski definition) is 10. The Bertz CT molecular complexity index is 2130. The number of hydrogen-bond donors (Lipinski definition) is 0. The molecular formula is C62H112O10Si4. The summed E-state index contributed by atoms with van der Waals surface area (Å²) in [5, 5.41) is -0.224. The Morgan fingerprint density at radius 3 is 1.62 bits per heavy atom. The van der Waals surface area contributed by atoms with Gasteiger partial charge in [-0.25, -0.2) is 4.79 Å². The molecule has 0 aliphatic carbocycles. The molecule has 76 heavy (non-hydrogen) atoms. The Morgan fingerprint density at radius 2 is 1.18 bits per heavy atom. The zero-order valence-corrected chi connectivity index (χ0v) is 57.5. The summed E-state index contributed by atoms with van der Waals surface area (Å²) in [4.78, 5) is 30.4. The molecule has 6 atom stereocenters. The van der Waals surface area contributed by atoms with E-state index in [9.17, 15) is 4.79 Å². The molecule has 14 heteroatoms. The van der Waals surface area contributed by atoms with E-state index in [4.69, 9.17) is 36.7 Å². The third kappa shape index (κ3) is 15.2. The van der Waals surface area contributed by atoms with Gasteiger partial charge in [-0.3, -0.25) is 4.79 Å². The smallest absolute Gasteiger partial charge is 0.341 e. The number of methoxy groups -OCH3 is 2. The Kier molecular flexibility index (Phi) is 23.9. The average molecular weight is 1130 g/mol. The number of ketones is 1. The highest BCUT2D eigenvalue weighted by Crippen LogP contribution is 2.51. The van der Waals surface area contributed by atoms with E-state index in [1.54, 1.807) is 7.11 Å². The molecule has 1 heterocycles. The third-order valence-corrected chi connectivity index (χ3v) is 39.9. The Labute approximate surface area is 469 Å². The molecule has 3 rings (SSSR count). The quantitative estimate of drug-likeness (QED) is 0.0634. The molecule has 0 bridgehead atoms. The van der Waals surface area contributed by atoms with Crippen LogP contribution in [0, 0.1) is 18.3 Å². The molecule has 0 amide bonds. The molecule has 1 aliphatic heterocycles. The highest BCUT2D eigenvalue weighted by molar-refractivity contribution is 6.79. The maximum atomic E-state index is 15.6. The van der Waals surface area contributed by atoms with Gasteiger partial charge < -0.3 is 36.7 Å². The van der Waals surface area contributed by atoms with Gasteiger partial charge in [0.05, 0.1) is 44.7 Å². The van der Waals surface area contributed by atoms with Crippen molar-refractivity contribution < 1.29 is 46.2 Å². The number of Topliss-reactive ketones (excluding diaryl/α,β-unsaturated/α-hetero) is 1. The number of rotatable bonds is 27. The van der Waals surface area contributed by atoms with Crippen LogP contribution in [0.5, 0.6) is 11.5 Å². The van der Waals surface area contributed by atoms with Crippen molar-refractivity contribution >= 4 is 45.0 Å². The molecule has 0 spiro atoms. The number of ether oxygens (including phenoxy) is 4. The predicted octanol–water partition coefficient (Wildman–Crippen LogP) is 17.2. The molecule has 2 aromatic rings. The lowest BCUT2D eigenvalue weighted by Crippen LogP contribution is -2.59. The summed E-state index contributed by atoms with van der Waals surface area (Å²) in [7, 11) is -6.96. The van der Waals surface area contributed by atoms with Gasteiger partial charge >= 0.3 is 5.97 Å². The molecule has 0 N–H and O–H groups in total. The molecule has 0 aromatic heterocycles. The van der Waals surface area contributed by atoms with Crippen molar-refractivity contribution in [3.8, 4) is 11.5 Å². The molecule has 436 valence electrons. The third-order valence-electron chi connectivity index (χ3n) is 18.9. The Morgan fingerprint density at radius 1 is 0.711 bits per heavy atom. The number of esters is 1. The molecule has 1 saturated heterocycles. The fraction of sp³-hybridized carbons (Fsp3) is 0.774. The topological polar surface area (TPSA) is 108 Å². The second-order valence-electron chi connectivity index (χ2n) is 28.1. The summed E-state index contributed by atoms with van der Waals surface area (Å²) in [6.07, 6.45) is -1.13. The van der Waals surface area contributed by atoms with E-state index in [1.807, 2.05) is 31.2 Å². The van der Waals surface area contributed by atoms with Crippen molar-refractivity contribution in [1.82, 2.24) is 0 Å². The van der Waals surface area contributed by atoms with E-state index in [0.717, 1.165) is 22.4 Å². The van der Waals surface area contributed by atoms with Gasteiger partial charge in [-0.1, -0.05) is 176 Å². The van der Waals surface area contributed by atoms with Crippen molar-refractivity contribution in [1.29, 1.82) is 0 Å². The van der Waals surface area contributed by atoms with Crippen molar-refractivity contribution in [3.63, 3.8) is 0 Å². The van der Waals surface area contributed by atoms with E-state index >= 15 is 4.79 Å². The standard InChI is InChI=1S/C62H112O10Si4/c1-40(2)75(41(3)4,42(5)6)70-52-36-54(71-76(43(7)8,44(9)10)45(11)12)58(59(64)66-24)49(46(52)13)34-51(69-73(25,26)60(15,16)17)47(14)50(63)35-56-62(21,22)57(72-74(27,28)61(18,19)20)37-53(68-56)55(65-23)39-67-38-48-32-30-29-31-33-48/h29-33,36,40-45,47,51,53,55-57H,34-35,37-39H2,1-28H3/t47-,51-,53+,55?,56-,57-/m1/s1. The zero-order chi connectivity index (χ0) is 58.5. The van der Waals surface area contributed by atoms with Gasteiger partial charge in [0.25, 0.3) is 16.6 Å². The van der Waals surface area contributed by atoms with Crippen LogP contribution in [0.4, 0.5) is 0 Å². The normalized spacial score (nSPS) is 19.5. The molecule has 0 radical (unpaired) electrons. The molecular weight excluding hydrogens is 1020 g/mol. The molecule has 1 unspecified atom stereocenters. The van der Waals surface area contributed by atoms with Crippen LogP contribution in [-0.4, -0.2) is 96.4 Å². The van der Waals surface area contributed by atoms with Crippen molar-refractivity contribution in [2.75, 3.05) is 20.8 Å². The van der Waals surface area contributed by atoms with E-state index < -0.39 is 75.0 Å². The summed E-state index contributed by atoms with van der Waals surface area (Å²) >= 11 is 0. The van der Waals surface area contributed by atoms with Crippen LogP contribution in [-0.2, 0) is 45.6 Å². The van der Waals surface area contributed by atoms with E-state index in [1.165, 1.54) is 7.11 Å². The summed E-state index contributed by atoms with van der Waals surface area (Å²) in [5.74, 6) is 0.194.